The summed E-state index contributed by atoms with van der Waals surface area (Å²) in [5, 5.41) is 25.6. The van der Waals surface area contributed by atoms with E-state index in [9.17, 15) is 37.5 Å². The first-order chi connectivity index (χ1) is 18.2. The van der Waals surface area contributed by atoms with Gasteiger partial charge in [-0.3, -0.25) is 24.2 Å². The van der Waals surface area contributed by atoms with Gasteiger partial charge < -0.3 is 25.2 Å². The van der Waals surface area contributed by atoms with Gasteiger partial charge in [0, 0.05) is 26.1 Å². The van der Waals surface area contributed by atoms with E-state index in [2.05, 4.69) is 20.8 Å². The fourth-order valence-electron chi connectivity index (χ4n) is 2.63. The number of primary sulfonamides is 1. The molecule has 0 aliphatic carbocycles. The SMILES string of the molecule is CC(C)(C)OC(=O)N(CCN(CC(=O)NCCC(=O)Nc1nnc(S(N)(=O)=O)s1)C(=O)OC(C)(C)C)CC(=O)O. The second-order valence-electron chi connectivity index (χ2n) is 10.3. The van der Waals surface area contributed by atoms with E-state index >= 15 is 0 Å². The van der Waals surface area contributed by atoms with Gasteiger partial charge in [-0.1, -0.05) is 11.3 Å². The summed E-state index contributed by atoms with van der Waals surface area (Å²) in [5.74, 6) is -2.59. The van der Waals surface area contributed by atoms with Crippen molar-refractivity contribution in [2.75, 3.05) is 38.0 Å². The molecule has 0 aromatic carbocycles. The van der Waals surface area contributed by atoms with E-state index in [1.165, 1.54) is 0 Å². The predicted octanol–water partition coefficient (Wildman–Crippen LogP) is 0.189. The molecule has 5 N–H and O–H groups in total. The topological polar surface area (TPSA) is 241 Å². The molecule has 0 aliphatic rings. The highest BCUT2D eigenvalue weighted by Gasteiger charge is 2.28. The lowest BCUT2D eigenvalue weighted by Crippen LogP contribution is -2.48. The van der Waals surface area contributed by atoms with Gasteiger partial charge in [-0.25, -0.2) is 23.1 Å². The second-order valence-corrected chi connectivity index (χ2v) is 13.0. The van der Waals surface area contributed by atoms with Gasteiger partial charge in [-0.05, 0) is 41.5 Å². The highest BCUT2D eigenvalue weighted by molar-refractivity contribution is 7.91. The molecule has 1 aromatic rings. The molecule has 0 unspecified atom stereocenters. The lowest BCUT2D eigenvalue weighted by atomic mass is 10.2. The lowest BCUT2D eigenvalue weighted by Gasteiger charge is -2.30. The molecule has 0 bridgehead atoms. The van der Waals surface area contributed by atoms with Gasteiger partial charge >= 0.3 is 18.2 Å². The van der Waals surface area contributed by atoms with Crippen LogP contribution in [-0.2, 0) is 33.9 Å². The van der Waals surface area contributed by atoms with Crippen molar-refractivity contribution in [3.63, 3.8) is 0 Å². The molecule has 4 amide bonds. The Hall–Kier alpha value is -3.58. The third-order valence-corrected chi connectivity index (χ3v) is 6.32. The molecule has 17 nitrogen and oxygen atoms in total. The van der Waals surface area contributed by atoms with Crippen LogP contribution in [0.25, 0.3) is 0 Å². The zero-order chi connectivity index (χ0) is 30.9. The highest BCUT2D eigenvalue weighted by atomic mass is 32.2. The normalized spacial score (nSPS) is 11.8. The maximum absolute atomic E-state index is 12.7. The molecular weight excluding hydrogens is 574 g/mol. The Balaban J connectivity index is 2.79. The number of carboxylic acids is 1. The van der Waals surface area contributed by atoms with Crippen molar-refractivity contribution in [2.45, 2.75) is 63.5 Å². The molecule has 0 aliphatic heterocycles. The molecule has 0 atom stereocenters. The van der Waals surface area contributed by atoms with E-state index < -0.39 is 68.6 Å². The zero-order valence-electron chi connectivity index (χ0n) is 23.0. The number of aromatic nitrogens is 2. The number of rotatable bonds is 12. The Morgan fingerprint density at radius 3 is 1.82 bits per heavy atom. The molecule has 19 heteroatoms. The number of amides is 4. The number of nitrogens with zero attached hydrogens (tertiary/aromatic N) is 4. The van der Waals surface area contributed by atoms with Gasteiger partial charge in [0.15, 0.2) is 0 Å². The fraction of sp³-hybridized carbons (Fsp3) is 0.667. The number of hydrogen-bond acceptors (Lipinski definition) is 12. The number of carboxylic acid groups (broad SMARTS) is 1. The Morgan fingerprint density at radius 2 is 1.40 bits per heavy atom. The van der Waals surface area contributed by atoms with Crippen LogP contribution >= 0.6 is 11.3 Å². The van der Waals surface area contributed by atoms with Crippen LogP contribution in [0.4, 0.5) is 14.7 Å². The molecule has 0 saturated heterocycles. The van der Waals surface area contributed by atoms with Crippen molar-refractivity contribution in [3.05, 3.63) is 0 Å². The quantitative estimate of drug-likeness (QED) is 0.232. The third kappa shape index (κ3) is 14.0. The molecule has 0 saturated carbocycles. The highest BCUT2D eigenvalue weighted by Crippen LogP contribution is 2.18. The van der Waals surface area contributed by atoms with Crippen molar-refractivity contribution in [1.29, 1.82) is 0 Å². The largest absolute Gasteiger partial charge is 0.480 e. The summed E-state index contributed by atoms with van der Waals surface area (Å²) in [6, 6.07) is 0. The monoisotopic (exact) mass is 609 g/mol. The van der Waals surface area contributed by atoms with Crippen LogP contribution in [0.3, 0.4) is 0 Å². The predicted molar refractivity (Wildman–Crippen MR) is 141 cm³/mol. The van der Waals surface area contributed by atoms with Crippen LogP contribution in [0.15, 0.2) is 4.34 Å². The number of sulfonamides is 1. The molecule has 226 valence electrons. The standard InChI is InChI=1S/C21H35N7O10S2/c1-20(2,3)37-18(33)27(9-10-28(12-15(31)32)19(34)38-21(4,5)6)11-14(30)23-8-7-13(29)24-16-25-26-17(39-16)40(22,35)36/h7-12H2,1-6H3,(H,23,30)(H,31,32)(H2,22,35,36)(H,24,25,29). The molecule has 0 radical (unpaired) electrons. The Morgan fingerprint density at radius 1 is 0.900 bits per heavy atom. The molecule has 1 rings (SSSR count). The second kappa shape index (κ2) is 14.2. The molecule has 1 aromatic heterocycles. The van der Waals surface area contributed by atoms with Gasteiger partial charge in [-0.15, -0.1) is 10.2 Å². The molecule has 0 fully saturated rings. The number of carbonyl (C=O) groups excluding carboxylic acids is 4. The average molecular weight is 610 g/mol. The van der Waals surface area contributed by atoms with Crippen molar-refractivity contribution in [1.82, 2.24) is 25.3 Å². The number of nitrogens with two attached hydrogens (primary N) is 1. The van der Waals surface area contributed by atoms with Crippen LogP contribution in [0.5, 0.6) is 0 Å². The number of ether oxygens (including phenoxy) is 2. The molecule has 0 spiro atoms. The Kier molecular flexibility index (Phi) is 12.2. The third-order valence-electron chi connectivity index (χ3n) is 4.17. The zero-order valence-corrected chi connectivity index (χ0v) is 24.7. The van der Waals surface area contributed by atoms with E-state index in [-0.39, 0.29) is 31.2 Å². The summed E-state index contributed by atoms with van der Waals surface area (Å²) in [6.45, 7) is 7.74. The first kappa shape index (κ1) is 34.4. The molecule has 1 heterocycles. The summed E-state index contributed by atoms with van der Waals surface area (Å²) in [4.78, 5) is 62.9. The van der Waals surface area contributed by atoms with Crippen LogP contribution in [0.2, 0.25) is 0 Å². The van der Waals surface area contributed by atoms with Crippen molar-refractivity contribution in [2.24, 2.45) is 5.14 Å². The van der Waals surface area contributed by atoms with E-state index in [4.69, 9.17) is 14.6 Å². The summed E-state index contributed by atoms with van der Waals surface area (Å²) < 4.78 is 32.6. The van der Waals surface area contributed by atoms with Crippen LogP contribution in [0.1, 0.15) is 48.0 Å². The number of anilines is 1. The maximum atomic E-state index is 12.7. The summed E-state index contributed by atoms with van der Waals surface area (Å²) in [5.41, 5.74) is -1.81. The van der Waals surface area contributed by atoms with Crippen LogP contribution in [-0.4, -0.2) is 107 Å². The first-order valence-electron chi connectivity index (χ1n) is 11.8. The van der Waals surface area contributed by atoms with Crippen molar-refractivity contribution >= 4 is 56.5 Å². The fourth-order valence-corrected chi connectivity index (χ4v) is 3.98. The van der Waals surface area contributed by atoms with E-state index in [0.717, 1.165) is 9.80 Å². The number of carbonyl (C=O) groups is 5. The molecule has 40 heavy (non-hydrogen) atoms. The summed E-state index contributed by atoms with van der Waals surface area (Å²) in [6.07, 6.45) is -2.03. The van der Waals surface area contributed by atoms with E-state index in [1.807, 2.05) is 0 Å². The minimum Gasteiger partial charge on any atom is -0.480 e. The smallest absolute Gasteiger partial charge is 0.410 e. The van der Waals surface area contributed by atoms with Gasteiger partial charge in [0.05, 0.1) is 0 Å². The lowest BCUT2D eigenvalue weighted by molar-refractivity contribution is -0.138. The van der Waals surface area contributed by atoms with E-state index in [1.54, 1.807) is 41.5 Å². The number of nitrogens with one attached hydrogen (secondary N) is 2. The minimum atomic E-state index is -4.07. The summed E-state index contributed by atoms with van der Waals surface area (Å²) >= 11 is 0.554. The van der Waals surface area contributed by atoms with Gasteiger partial charge in [0.25, 0.3) is 10.0 Å². The van der Waals surface area contributed by atoms with E-state index in [0.29, 0.717) is 11.3 Å². The van der Waals surface area contributed by atoms with Gasteiger partial charge in [0.2, 0.25) is 21.3 Å². The Bertz CT molecular complexity index is 1190. The van der Waals surface area contributed by atoms with Crippen LogP contribution in [0, 0.1) is 0 Å². The van der Waals surface area contributed by atoms with Gasteiger partial charge in [0.1, 0.15) is 24.3 Å². The van der Waals surface area contributed by atoms with Crippen molar-refractivity contribution in [3.8, 4) is 0 Å². The minimum absolute atomic E-state index is 0.104. The number of aliphatic carboxylic acids is 1. The number of hydrogen-bond donors (Lipinski definition) is 4. The van der Waals surface area contributed by atoms with Gasteiger partial charge in [-0.2, -0.15) is 0 Å². The Labute approximate surface area is 235 Å². The van der Waals surface area contributed by atoms with Crippen molar-refractivity contribution < 1.29 is 47.0 Å². The van der Waals surface area contributed by atoms with Crippen LogP contribution < -0.4 is 15.8 Å². The maximum Gasteiger partial charge on any atom is 0.410 e. The average Bonchev–Trinajstić information content (AvgIpc) is 3.21. The summed E-state index contributed by atoms with van der Waals surface area (Å²) in [7, 11) is -4.07. The molecular formula is C21H35N7O10S2. The first-order valence-corrected chi connectivity index (χ1v) is 14.1.